The monoisotopic (exact) mass is 281 g/mol. The fraction of sp³-hybridized carbons (Fsp3) is 0.235. The van der Waals surface area contributed by atoms with E-state index in [2.05, 4.69) is 34.7 Å². The minimum Gasteiger partial charge on any atom is -0.492 e. The van der Waals surface area contributed by atoms with Gasteiger partial charge < -0.3 is 15.4 Å². The van der Waals surface area contributed by atoms with Gasteiger partial charge in [-0.05, 0) is 36.2 Å². The Morgan fingerprint density at radius 3 is 3.00 bits per heavy atom. The number of guanidine groups is 1. The number of nitrogens with zero attached hydrogens (tertiary/aromatic N) is 1. The normalized spacial score (nSPS) is 12.9. The molecule has 0 saturated heterocycles. The standard InChI is InChI=1S/C17H19N3O/c1-13-5-4-7-15(11-13)21-10-9-18-17-19-12-14-6-2-3-8-16(14)20-17/h2-8,11H,9-10,12H2,1H3,(H2,18,19,20). The first-order chi connectivity index (χ1) is 10.3. The number of rotatable bonds is 4. The molecule has 0 bridgehead atoms. The number of para-hydroxylation sites is 1. The minimum atomic E-state index is 0.603. The third kappa shape index (κ3) is 3.54. The van der Waals surface area contributed by atoms with Gasteiger partial charge in [-0.15, -0.1) is 0 Å². The van der Waals surface area contributed by atoms with E-state index in [4.69, 9.17) is 4.74 Å². The Bertz CT molecular complexity index is 652. The summed E-state index contributed by atoms with van der Waals surface area (Å²) >= 11 is 0. The summed E-state index contributed by atoms with van der Waals surface area (Å²) < 4.78 is 5.70. The second-order valence-corrected chi connectivity index (χ2v) is 5.03. The zero-order chi connectivity index (χ0) is 14.5. The lowest BCUT2D eigenvalue weighted by atomic mass is 10.1. The van der Waals surface area contributed by atoms with Crippen LogP contribution in [0, 0.1) is 6.92 Å². The molecule has 0 amide bonds. The lowest BCUT2D eigenvalue weighted by Crippen LogP contribution is -2.40. The Labute approximate surface area is 124 Å². The zero-order valence-corrected chi connectivity index (χ0v) is 12.1. The molecule has 3 rings (SSSR count). The molecule has 1 heterocycles. The number of aryl methyl sites for hydroxylation is 1. The average Bonchev–Trinajstić information content (AvgIpc) is 2.51. The van der Waals surface area contributed by atoms with Crippen molar-refractivity contribution in [1.82, 2.24) is 10.6 Å². The van der Waals surface area contributed by atoms with Crippen LogP contribution < -0.4 is 15.4 Å². The van der Waals surface area contributed by atoms with E-state index in [-0.39, 0.29) is 0 Å². The molecule has 21 heavy (non-hydrogen) atoms. The Kier molecular flexibility index (Phi) is 4.05. The van der Waals surface area contributed by atoms with Crippen molar-refractivity contribution < 1.29 is 4.74 Å². The molecule has 0 aromatic heterocycles. The van der Waals surface area contributed by atoms with E-state index >= 15 is 0 Å². The number of fused-ring (bicyclic) bond motifs is 1. The highest BCUT2D eigenvalue weighted by Gasteiger charge is 2.09. The van der Waals surface area contributed by atoms with Crippen molar-refractivity contribution in [3.63, 3.8) is 0 Å². The highest BCUT2D eigenvalue weighted by Crippen LogP contribution is 2.20. The third-order valence-electron chi connectivity index (χ3n) is 3.32. The van der Waals surface area contributed by atoms with Gasteiger partial charge in [-0.25, -0.2) is 4.99 Å². The number of ether oxygens (including phenoxy) is 1. The van der Waals surface area contributed by atoms with E-state index in [1.54, 1.807) is 0 Å². The van der Waals surface area contributed by atoms with Crippen LogP contribution in [0.4, 0.5) is 5.69 Å². The molecular weight excluding hydrogens is 262 g/mol. The molecule has 2 N–H and O–H groups in total. The Hall–Kier alpha value is -2.49. The molecule has 0 fully saturated rings. The van der Waals surface area contributed by atoms with Crippen LogP contribution >= 0.6 is 0 Å². The molecular formula is C17H19N3O. The molecule has 4 nitrogen and oxygen atoms in total. The van der Waals surface area contributed by atoms with Gasteiger partial charge in [-0.2, -0.15) is 0 Å². The summed E-state index contributed by atoms with van der Waals surface area (Å²) in [4.78, 5) is 4.54. The van der Waals surface area contributed by atoms with Gasteiger partial charge in [0.05, 0.1) is 12.2 Å². The van der Waals surface area contributed by atoms with Gasteiger partial charge in [0.2, 0.25) is 0 Å². The molecule has 0 radical (unpaired) electrons. The smallest absolute Gasteiger partial charge is 0.196 e. The summed E-state index contributed by atoms with van der Waals surface area (Å²) in [5.41, 5.74) is 3.45. The number of hydrogen-bond acceptors (Lipinski definition) is 4. The first kappa shape index (κ1) is 13.5. The van der Waals surface area contributed by atoms with E-state index in [0.29, 0.717) is 13.2 Å². The SMILES string of the molecule is Cc1cccc(OCCNC2=Nc3ccccc3CN2)c1. The van der Waals surface area contributed by atoms with Gasteiger partial charge in [0.1, 0.15) is 12.4 Å². The Balaban J connectivity index is 1.49. The quantitative estimate of drug-likeness (QED) is 0.847. The second kappa shape index (κ2) is 6.31. The first-order valence-corrected chi connectivity index (χ1v) is 7.15. The number of aliphatic imine (C=N–C) groups is 1. The maximum absolute atomic E-state index is 5.70. The average molecular weight is 281 g/mol. The third-order valence-corrected chi connectivity index (χ3v) is 3.32. The molecule has 0 saturated carbocycles. The zero-order valence-electron chi connectivity index (χ0n) is 12.1. The van der Waals surface area contributed by atoms with Gasteiger partial charge in [-0.3, -0.25) is 0 Å². The number of benzene rings is 2. The summed E-state index contributed by atoms with van der Waals surface area (Å²) in [7, 11) is 0. The summed E-state index contributed by atoms with van der Waals surface area (Å²) in [6, 6.07) is 16.2. The second-order valence-electron chi connectivity index (χ2n) is 5.03. The van der Waals surface area contributed by atoms with E-state index in [9.17, 15) is 0 Å². The van der Waals surface area contributed by atoms with Crippen molar-refractivity contribution in [2.24, 2.45) is 4.99 Å². The lowest BCUT2D eigenvalue weighted by Gasteiger charge is -2.18. The first-order valence-electron chi connectivity index (χ1n) is 7.15. The molecule has 0 atom stereocenters. The van der Waals surface area contributed by atoms with Crippen molar-refractivity contribution in [2.75, 3.05) is 13.2 Å². The summed E-state index contributed by atoms with van der Waals surface area (Å²) in [6.07, 6.45) is 0. The van der Waals surface area contributed by atoms with Crippen LogP contribution in [0.25, 0.3) is 0 Å². The van der Waals surface area contributed by atoms with E-state index in [1.807, 2.05) is 36.4 Å². The topological polar surface area (TPSA) is 45.6 Å². The van der Waals surface area contributed by atoms with Crippen LogP contribution in [0.3, 0.4) is 0 Å². The van der Waals surface area contributed by atoms with Crippen LogP contribution in [-0.2, 0) is 6.54 Å². The number of nitrogens with one attached hydrogen (secondary N) is 2. The number of hydrogen-bond donors (Lipinski definition) is 2. The summed E-state index contributed by atoms with van der Waals surface area (Å²) in [5.74, 6) is 1.71. The predicted molar refractivity (Wildman–Crippen MR) is 85.1 cm³/mol. The largest absolute Gasteiger partial charge is 0.492 e. The highest BCUT2D eigenvalue weighted by atomic mass is 16.5. The summed E-state index contributed by atoms with van der Waals surface area (Å²) in [6.45, 7) is 4.18. The molecule has 1 aliphatic rings. The summed E-state index contributed by atoms with van der Waals surface area (Å²) in [5, 5.41) is 6.53. The van der Waals surface area contributed by atoms with Gasteiger partial charge in [0.25, 0.3) is 0 Å². The predicted octanol–water partition coefficient (Wildman–Crippen LogP) is 2.75. The fourth-order valence-corrected chi connectivity index (χ4v) is 2.25. The molecule has 0 unspecified atom stereocenters. The minimum absolute atomic E-state index is 0.603. The molecule has 108 valence electrons. The Morgan fingerprint density at radius 2 is 2.10 bits per heavy atom. The van der Waals surface area contributed by atoms with Crippen molar-refractivity contribution in [1.29, 1.82) is 0 Å². The van der Waals surface area contributed by atoms with Gasteiger partial charge in [0, 0.05) is 6.54 Å². The van der Waals surface area contributed by atoms with Gasteiger partial charge in [0.15, 0.2) is 5.96 Å². The molecule has 2 aromatic carbocycles. The Morgan fingerprint density at radius 1 is 1.19 bits per heavy atom. The molecule has 0 aliphatic carbocycles. The maximum Gasteiger partial charge on any atom is 0.196 e. The van der Waals surface area contributed by atoms with Crippen LogP contribution in [-0.4, -0.2) is 19.1 Å². The molecule has 1 aliphatic heterocycles. The highest BCUT2D eigenvalue weighted by molar-refractivity contribution is 5.84. The van der Waals surface area contributed by atoms with E-state index < -0.39 is 0 Å². The van der Waals surface area contributed by atoms with Crippen LogP contribution in [0.1, 0.15) is 11.1 Å². The molecule has 2 aromatic rings. The van der Waals surface area contributed by atoms with Crippen LogP contribution in [0.5, 0.6) is 5.75 Å². The van der Waals surface area contributed by atoms with Gasteiger partial charge >= 0.3 is 0 Å². The van der Waals surface area contributed by atoms with Gasteiger partial charge in [-0.1, -0.05) is 30.3 Å². The lowest BCUT2D eigenvalue weighted by molar-refractivity contribution is 0.321. The van der Waals surface area contributed by atoms with E-state index in [0.717, 1.165) is 23.9 Å². The van der Waals surface area contributed by atoms with Crippen LogP contribution in [0.2, 0.25) is 0 Å². The maximum atomic E-state index is 5.70. The van der Waals surface area contributed by atoms with Crippen molar-refractivity contribution >= 4 is 11.6 Å². The van der Waals surface area contributed by atoms with Crippen molar-refractivity contribution in [2.45, 2.75) is 13.5 Å². The fourth-order valence-electron chi connectivity index (χ4n) is 2.25. The van der Waals surface area contributed by atoms with Crippen molar-refractivity contribution in [3.8, 4) is 5.75 Å². The van der Waals surface area contributed by atoms with E-state index in [1.165, 1.54) is 11.1 Å². The van der Waals surface area contributed by atoms with Crippen molar-refractivity contribution in [3.05, 3.63) is 59.7 Å². The molecule has 0 spiro atoms. The molecule has 4 heteroatoms. The van der Waals surface area contributed by atoms with Crippen LogP contribution in [0.15, 0.2) is 53.5 Å².